The second-order valence-corrected chi connectivity index (χ2v) is 9.34. The van der Waals surface area contributed by atoms with E-state index in [9.17, 15) is 13.2 Å². The molecule has 0 aliphatic rings. The maximum Gasteiger partial charge on any atom is 0.261 e. The first-order valence-electron chi connectivity index (χ1n) is 10.6. The standard InChI is InChI=1S/C24H28N4O3S/c1-4-5-6-19-8-10-20(11-9-19)28-32(30,31)22-12-7-17(2)23(15-22)24(29)26-16-21-13-14-25-18(3)27-21/h7-15,28H,4-6,16H2,1-3H3,(H,26,29). The lowest BCUT2D eigenvalue weighted by Gasteiger charge is -2.12. The Bertz CT molecular complexity index is 1190. The molecule has 0 spiro atoms. The molecule has 3 rings (SSSR count). The molecular formula is C24H28N4O3S. The normalized spacial score (nSPS) is 11.2. The minimum absolute atomic E-state index is 0.0289. The van der Waals surface area contributed by atoms with E-state index in [0.717, 1.165) is 19.3 Å². The van der Waals surface area contributed by atoms with E-state index < -0.39 is 10.0 Å². The van der Waals surface area contributed by atoms with Gasteiger partial charge in [0.05, 0.1) is 17.1 Å². The minimum atomic E-state index is -3.84. The average molecular weight is 453 g/mol. The summed E-state index contributed by atoms with van der Waals surface area (Å²) >= 11 is 0. The summed E-state index contributed by atoms with van der Waals surface area (Å²) in [4.78, 5) is 21.0. The summed E-state index contributed by atoms with van der Waals surface area (Å²) in [5.74, 6) is 0.251. The van der Waals surface area contributed by atoms with Gasteiger partial charge in [-0.2, -0.15) is 0 Å². The van der Waals surface area contributed by atoms with Gasteiger partial charge in [0.25, 0.3) is 15.9 Å². The lowest BCUT2D eigenvalue weighted by molar-refractivity contribution is 0.0949. The van der Waals surface area contributed by atoms with Crippen LogP contribution in [0.5, 0.6) is 0 Å². The van der Waals surface area contributed by atoms with E-state index in [0.29, 0.717) is 28.3 Å². The molecule has 0 unspecified atom stereocenters. The van der Waals surface area contributed by atoms with Gasteiger partial charge in [0, 0.05) is 17.4 Å². The molecule has 1 amide bonds. The number of unbranched alkanes of at least 4 members (excludes halogenated alkanes) is 1. The molecule has 0 bridgehead atoms. The smallest absolute Gasteiger partial charge is 0.261 e. The van der Waals surface area contributed by atoms with Crippen LogP contribution in [0.1, 0.15) is 52.8 Å². The number of aromatic nitrogens is 2. The molecule has 2 N–H and O–H groups in total. The van der Waals surface area contributed by atoms with E-state index >= 15 is 0 Å². The van der Waals surface area contributed by atoms with E-state index in [1.165, 1.54) is 17.7 Å². The predicted molar refractivity (Wildman–Crippen MR) is 125 cm³/mol. The van der Waals surface area contributed by atoms with Crippen molar-refractivity contribution in [3.63, 3.8) is 0 Å². The number of aryl methyl sites for hydroxylation is 3. The molecule has 7 nitrogen and oxygen atoms in total. The number of nitrogens with zero attached hydrogens (tertiary/aromatic N) is 2. The molecule has 0 aliphatic heterocycles. The zero-order chi connectivity index (χ0) is 23.1. The van der Waals surface area contributed by atoms with Crippen molar-refractivity contribution in [2.45, 2.75) is 51.5 Å². The molecule has 0 radical (unpaired) electrons. The fraction of sp³-hybridized carbons (Fsp3) is 0.292. The Morgan fingerprint density at radius 3 is 2.47 bits per heavy atom. The van der Waals surface area contributed by atoms with Gasteiger partial charge >= 0.3 is 0 Å². The Morgan fingerprint density at radius 1 is 1.03 bits per heavy atom. The highest BCUT2D eigenvalue weighted by atomic mass is 32.2. The van der Waals surface area contributed by atoms with Crippen LogP contribution in [0.15, 0.2) is 59.6 Å². The summed E-state index contributed by atoms with van der Waals surface area (Å²) in [6.07, 6.45) is 4.80. The Labute approximate surface area is 189 Å². The van der Waals surface area contributed by atoms with Crippen molar-refractivity contribution in [3.8, 4) is 0 Å². The van der Waals surface area contributed by atoms with Gasteiger partial charge in [-0.05, 0) is 68.1 Å². The van der Waals surface area contributed by atoms with Crippen LogP contribution in [-0.4, -0.2) is 24.3 Å². The van der Waals surface area contributed by atoms with Crippen LogP contribution in [0.3, 0.4) is 0 Å². The zero-order valence-corrected chi connectivity index (χ0v) is 19.4. The number of carbonyl (C=O) groups excluding carboxylic acids is 1. The first-order valence-corrected chi connectivity index (χ1v) is 12.1. The van der Waals surface area contributed by atoms with E-state index in [4.69, 9.17) is 0 Å². The number of benzene rings is 2. The topological polar surface area (TPSA) is 101 Å². The van der Waals surface area contributed by atoms with Gasteiger partial charge in [-0.3, -0.25) is 9.52 Å². The molecule has 3 aromatic rings. The van der Waals surface area contributed by atoms with Crippen molar-refractivity contribution < 1.29 is 13.2 Å². The Kier molecular flexibility index (Phi) is 7.58. The fourth-order valence-corrected chi connectivity index (χ4v) is 4.30. The number of carbonyl (C=O) groups is 1. The molecule has 32 heavy (non-hydrogen) atoms. The molecule has 0 aliphatic carbocycles. The van der Waals surface area contributed by atoms with Crippen LogP contribution >= 0.6 is 0 Å². The van der Waals surface area contributed by atoms with Crippen molar-refractivity contribution in [1.82, 2.24) is 15.3 Å². The summed E-state index contributed by atoms with van der Waals surface area (Å²) in [7, 11) is -3.84. The van der Waals surface area contributed by atoms with Crippen LogP contribution in [0.25, 0.3) is 0 Å². The lowest BCUT2D eigenvalue weighted by Crippen LogP contribution is -2.25. The highest BCUT2D eigenvalue weighted by Gasteiger charge is 2.18. The summed E-state index contributed by atoms with van der Waals surface area (Å²) in [5, 5.41) is 2.79. The zero-order valence-electron chi connectivity index (χ0n) is 18.6. The van der Waals surface area contributed by atoms with Crippen LogP contribution in [-0.2, 0) is 23.0 Å². The molecule has 1 heterocycles. The van der Waals surface area contributed by atoms with Gasteiger partial charge in [-0.15, -0.1) is 0 Å². The molecule has 1 aromatic heterocycles. The lowest BCUT2D eigenvalue weighted by atomic mass is 10.1. The van der Waals surface area contributed by atoms with Crippen molar-refractivity contribution in [2.75, 3.05) is 4.72 Å². The van der Waals surface area contributed by atoms with Gasteiger partial charge in [0.1, 0.15) is 5.82 Å². The third-order valence-corrected chi connectivity index (χ3v) is 6.43. The van der Waals surface area contributed by atoms with Gasteiger partial charge in [-0.1, -0.05) is 31.5 Å². The second-order valence-electron chi connectivity index (χ2n) is 7.66. The average Bonchev–Trinajstić information content (AvgIpc) is 2.77. The summed E-state index contributed by atoms with van der Waals surface area (Å²) in [6.45, 7) is 5.90. The molecule has 0 atom stereocenters. The van der Waals surface area contributed by atoms with E-state index in [1.54, 1.807) is 44.3 Å². The Morgan fingerprint density at radius 2 is 1.78 bits per heavy atom. The largest absolute Gasteiger partial charge is 0.346 e. The SMILES string of the molecule is CCCCc1ccc(NS(=O)(=O)c2ccc(C)c(C(=O)NCc3ccnc(C)n3)c2)cc1. The van der Waals surface area contributed by atoms with Gasteiger partial charge < -0.3 is 5.32 Å². The fourth-order valence-electron chi connectivity index (χ4n) is 3.22. The maximum atomic E-state index is 12.9. The molecule has 2 aromatic carbocycles. The van der Waals surface area contributed by atoms with Crippen molar-refractivity contribution in [2.24, 2.45) is 0 Å². The van der Waals surface area contributed by atoms with Crippen molar-refractivity contribution in [1.29, 1.82) is 0 Å². The molecular weight excluding hydrogens is 424 g/mol. The third kappa shape index (κ3) is 6.13. The molecule has 0 saturated heterocycles. The van der Waals surface area contributed by atoms with E-state index in [2.05, 4.69) is 26.9 Å². The number of rotatable bonds is 9. The number of hydrogen-bond acceptors (Lipinski definition) is 5. The third-order valence-electron chi connectivity index (χ3n) is 5.05. The highest BCUT2D eigenvalue weighted by Crippen LogP contribution is 2.20. The maximum absolute atomic E-state index is 12.9. The van der Waals surface area contributed by atoms with Gasteiger partial charge in [0.15, 0.2) is 0 Å². The summed E-state index contributed by atoms with van der Waals surface area (Å²) in [6, 6.07) is 13.6. The van der Waals surface area contributed by atoms with Crippen LogP contribution in [0.4, 0.5) is 5.69 Å². The second kappa shape index (κ2) is 10.4. The van der Waals surface area contributed by atoms with Crippen LogP contribution < -0.4 is 10.0 Å². The molecule has 8 heteroatoms. The van der Waals surface area contributed by atoms with Gasteiger partial charge in [0.2, 0.25) is 0 Å². The van der Waals surface area contributed by atoms with E-state index in [1.807, 2.05) is 12.1 Å². The van der Waals surface area contributed by atoms with Crippen LogP contribution in [0, 0.1) is 13.8 Å². The highest BCUT2D eigenvalue weighted by molar-refractivity contribution is 7.92. The molecule has 168 valence electrons. The first kappa shape index (κ1) is 23.4. The van der Waals surface area contributed by atoms with Crippen molar-refractivity contribution in [3.05, 3.63) is 82.9 Å². The number of amides is 1. The molecule has 0 saturated carbocycles. The Hall–Kier alpha value is -3.26. The van der Waals surface area contributed by atoms with Gasteiger partial charge in [-0.25, -0.2) is 18.4 Å². The quantitative estimate of drug-likeness (QED) is 0.507. The number of nitrogens with one attached hydrogen (secondary N) is 2. The monoisotopic (exact) mass is 452 g/mol. The van der Waals surface area contributed by atoms with Crippen molar-refractivity contribution >= 4 is 21.6 Å². The minimum Gasteiger partial charge on any atom is -0.346 e. The summed E-state index contributed by atoms with van der Waals surface area (Å²) in [5.41, 5.74) is 3.31. The number of hydrogen-bond donors (Lipinski definition) is 2. The number of anilines is 1. The molecule has 0 fully saturated rings. The van der Waals surface area contributed by atoms with E-state index in [-0.39, 0.29) is 17.3 Å². The first-order chi connectivity index (χ1) is 15.3. The van der Waals surface area contributed by atoms with Crippen LogP contribution in [0.2, 0.25) is 0 Å². The number of sulfonamides is 1. The Balaban J connectivity index is 1.73. The predicted octanol–water partition coefficient (Wildman–Crippen LogP) is 4.17. The summed E-state index contributed by atoms with van der Waals surface area (Å²) < 4.78 is 28.4.